The van der Waals surface area contributed by atoms with Gasteiger partial charge in [0.25, 0.3) is 26.0 Å². The molecule has 14 heteroatoms. The average Bonchev–Trinajstić information content (AvgIpc) is 3.45. The minimum Gasteiger partial charge on any atom is -0.339 e. The molecule has 0 saturated heterocycles. The number of benzene rings is 4. The molecule has 0 radical (unpaired) electrons. The van der Waals surface area contributed by atoms with Crippen molar-refractivity contribution in [3.8, 4) is 22.4 Å². The zero-order valence-corrected chi connectivity index (χ0v) is 30.1. The smallest absolute Gasteiger partial charge is 0.270 e. The molecule has 0 aliphatic carbocycles. The lowest BCUT2D eigenvalue weighted by Gasteiger charge is -2.21. The highest BCUT2D eigenvalue weighted by atomic mass is 35.6. The van der Waals surface area contributed by atoms with Crippen molar-refractivity contribution in [1.29, 1.82) is 0 Å². The number of carbonyl (C=O) groups is 1. The first-order valence-corrected chi connectivity index (χ1v) is 18.4. The number of alkyl halides is 3. The SMILES string of the molecule is Cc1ccc(S(=O)(=O)N(C)C(=O)c2c(-c3ccccc3)[nH]c(N(C)S(=O)(=O)c3ccc(C)cc3)c2-c2ccc(F)cc2)cc1.ClC(Cl)Cl. The first kappa shape index (κ1) is 37.0. The number of rotatable bonds is 8. The van der Waals surface area contributed by atoms with Gasteiger partial charge in [-0.1, -0.05) is 113 Å². The van der Waals surface area contributed by atoms with Crippen LogP contribution in [0.4, 0.5) is 10.2 Å². The average molecular weight is 751 g/mol. The Labute approximate surface area is 294 Å². The third-order valence-electron chi connectivity index (χ3n) is 7.35. The second-order valence-corrected chi connectivity index (χ2v) is 16.5. The van der Waals surface area contributed by atoms with E-state index >= 15 is 0 Å². The molecule has 1 amide bonds. The van der Waals surface area contributed by atoms with Crippen LogP contribution in [0.1, 0.15) is 21.5 Å². The first-order valence-electron chi connectivity index (χ1n) is 14.2. The number of aromatic amines is 1. The van der Waals surface area contributed by atoms with Crippen LogP contribution >= 0.6 is 34.8 Å². The van der Waals surface area contributed by atoms with Gasteiger partial charge < -0.3 is 4.98 Å². The third-order valence-corrected chi connectivity index (χ3v) is 10.9. The molecule has 5 aromatic rings. The third kappa shape index (κ3) is 8.04. The van der Waals surface area contributed by atoms with Crippen LogP contribution < -0.4 is 4.31 Å². The monoisotopic (exact) mass is 749 g/mol. The molecular weight excluding hydrogens is 720 g/mol. The van der Waals surface area contributed by atoms with Crippen LogP contribution in [0.2, 0.25) is 0 Å². The minimum atomic E-state index is -4.32. The van der Waals surface area contributed by atoms with Crippen LogP contribution in [0.5, 0.6) is 0 Å². The summed E-state index contributed by atoms with van der Waals surface area (Å²) in [6.45, 7) is 3.65. The van der Waals surface area contributed by atoms with Gasteiger partial charge in [0, 0.05) is 19.7 Å². The Kier molecular flexibility index (Phi) is 11.6. The first-order chi connectivity index (χ1) is 22.5. The fourth-order valence-corrected chi connectivity index (χ4v) is 7.06. The van der Waals surface area contributed by atoms with Crippen molar-refractivity contribution < 1.29 is 26.0 Å². The number of carbonyl (C=O) groups excluding carboxylic acids is 1. The van der Waals surface area contributed by atoms with Gasteiger partial charge in [0.05, 0.1) is 21.0 Å². The van der Waals surface area contributed by atoms with E-state index in [1.54, 1.807) is 54.6 Å². The normalized spacial score (nSPS) is 11.5. The van der Waals surface area contributed by atoms with Gasteiger partial charge in [0.1, 0.15) is 11.6 Å². The minimum absolute atomic E-state index is 0.000482. The van der Waals surface area contributed by atoms with E-state index in [0.29, 0.717) is 15.4 Å². The van der Waals surface area contributed by atoms with Gasteiger partial charge in [-0.2, -0.15) is 0 Å². The zero-order chi connectivity index (χ0) is 35.4. The van der Waals surface area contributed by atoms with E-state index in [0.717, 1.165) is 22.5 Å². The molecule has 0 aliphatic heterocycles. The molecule has 1 aromatic heterocycles. The molecular formula is C34H31Cl3FN3O5S2. The molecule has 1 N–H and O–H groups in total. The molecule has 5 rings (SSSR count). The van der Waals surface area contributed by atoms with Crippen LogP contribution in [-0.2, 0) is 20.0 Å². The molecule has 0 atom stereocenters. The standard InChI is InChI=1S/C33H30FN3O5S2.CHCl3/c1-22-10-18-27(19-11-22)43(39,40)36(3)32-29(24-14-16-26(34)17-15-24)30(31(35-32)25-8-6-5-7-9-25)33(38)37(4)44(41,42)28-20-12-23(2)13-21-28;2-1(3)4/h5-21,35H,1-4H3;1H. The van der Waals surface area contributed by atoms with Crippen molar-refractivity contribution in [2.45, 2.75) is 27.9 Å². The van der Waals surface area contributed by atoms with Gasteiger partial charge in [-0.15, -0.1) is 0 Å². The van der Waals surface area contributed by atoms with Crippen molar-refractivity contribution in [2.24, 2.45) is 0 Å². The number of anilines is 1. The van der Waals surface area contributed by atoms with E-state index in [2.05, 4.69) is 4.98 Å². The molecule has 0 spiro atoms. The number of aryl methyl sites for hydroxylation is 2. The molecule has 0 saturated carbocycles. The highest BCUT2D eigenvalue weighted by molar-refractivity contribution is 7.92. The largest absolute Gasteiger partial charge is 0.339 e. The summed E-state index contributed by atoms with van der Waals surface area (Å²) < 4.78 is 70.0. The maximum atomic E-state index is 14.4. The quantitative estimate of drug-likeness (QED) is 0.161. The summed E-state index contributed by atoms with van der Waals surface area (Å²) >= 11 is 14.4. The highest BCUT2D eigenvalue weighted by Crippen LogP contribution is 2.42. The number of amides is 1. The van der Waals surface area contributed by atoms with Crippen molar-refractivity contribution >= 4 is 66.6 Å². The van der Waals surface area contributed by atoms with E-state index in [1.807, 2.05) is 13.8 Å². The summed E-state index contributed by atoms with van der Waals surface area (Å²) in [4.78, 5) is 17.4. The van der Waals surface area contributed by atoms with Gasteiger partial charge in [-0.25, -0.2) is 25.5 Å². The molecule has 8 nitrogen and oxygen atoms in total. The van der Waals surface area contributed by atoms with E-state index < -0.39 is 36.1 Å². The Bertz CT molecular complexity index is 2110. The number of nitrogens with one attached hydrogen (secondary N) is 1. The maximum absolute atomic E-state index is 14.4. The number of H-pyrrole nitrogens is 1. The van der Waals surface area contributed by atoms with Gasteiger partial charge in [0.2, 0.25) is 0 Å². The fourth-order valence-electron chi connectivity index (χ4n) is 4.78. The van der Waals surface area contributed by atoms with Crippen LogP contribution in [0, 0.1) is 19.7 Å². The van der Waals surface area contributed by atoms with Crippen LogP contribution in [-0.4, -0.2) is 50.4 Å². The van der Waals surface area contributed by atoms with E-state index in [-0.39, 0.29) is 32.4 Å². The molecule has 0 unspecified atom stereocenters. The van der Waals surface area contributed by atoms with Crippen molar-refractivity contribution in [2.75, 3.05) is 18.4 Å². The van der Waals surface area contributed by atoms with Crippen LogP contribution in [0.15, 0.2) is 113 Å². The summed E-state index contributed by atoms with van der Waals surface area (Å²) in [5, 5.41) is 0. The predicted molar refractivity (Wildman–Crippen MR) is 190 cm³/mol. The topological polar surface area (TPSA) is 108 Å². The lowest BCUT2D eigenvalue weighted by molar-refractivity contribution is 0.0884. The molecule has 1 heterocycles. The molecule has 48 heavy (non-hydrogen) atoms. The summed E-state index contributed by atoms with van der Waals surface area (Å²) in [7, 11) is -6.00. The Morgan fingerprint density at radius 3 is 1.62 bits per heavy atom. The number of aromatic nitrogens is 1. The summed E-state index contributed by atoms with van der Waals surface area (Å²) in [5.41, 5.74) is 2.72. The van der Waals surface area contributed by atoms with E-state index in [9.17, 15) is 26.0 Å². The van der Waals surface area contributed by atoms with Crippen molar-refractivity contribution in [1.82, 2.24) is 9.29 Å². The number of hydrogen-bond donors (Lipinski definition) is 1. The number of nitrogens with zero attached hydrogens (tertiary/aromatic N) is 2. The Morgan fingerprint density at radius 2 is 1.15 bits per heavy atom. The number of hydrogen-bond acceptors (Lipinski definition) is 5. The van der Waals surface area contributed by atoms with Crippen LogP contribution in [0.3, 0.4) is 0 Å². The zero-order valence-electron chi connectivity index (χ0n) is 26.2. The van der Waals surface area contributed by atoms with Gasteiger partial charge in [-0.05, 0) is 61.4 Å². The lowest BCUT2D eigenvalue weighted by Crippen LogP contribution is -2.33. The Balaban J connectivity index is 0.00000123. The number of halogens is 4. The summed E-state index contributed by atoms with van der Waals surface area (Å²) in [6, 6.07) is 26.3. The predicted octanol–water partition coefficient (Wildman–Crippen LogP) is 8.38. The summed E-state index contributed by atoms with van der Waals surface area (Å²) in [5.74, 6) is -1.45. The lowest BCUT2D eigenvalue weighted by atomic mass is 9.98. The Morgan fingerprint density at radius 1 is 0.688 bits per heavy atom. The van der Waals surface area contributed by atoms with Crippen LogP contribution in [0.25, 0.3) is 22.4 Å². The van der Waals surface area contributed by atoms with Gasteiger partial charge >= 0.3 is 0 Å². The number of sulfonamides is 2. The molecule has 0 fully saturated rings. The Hall–Kier alpha value is -3.87. The van der Waals surface area contributed by atoms with Crippen molar-refractivity contribution in [3.05, 3.63) is 126 Å². The molecule has 252 valence electrons. The van der Waals surface area contributed by atoms with Crippen molar-refractivity contribution in [3.63, 3.8) is 0 Å². The fraction of sp³-hybridized carbons (Fsp3) is 0.147. The van der Waals surface area contributed by atoms with E-state index in [4.69, 9.17) is 34.8 Å². The molecule has 4 aromatic carbocycles. The second-order valence-electron chi connectivity index (χ2n) is 10.6. The van der Waals surface area contributed by atoms with E-state index in [1.165, 1.54) is 55.6 Å². The second kappa shape index (κ2) is 15.1. The molecule has 0 aliphatic rings. The maximum Gasteiger partial charge on any atom is 0.270 e. The van der Waals surface area contributed by atoms with Gasteiger partial charge in [-0.3, -0.25) is 9.10 Å². The highest BCUT2D eigenvalue weighted by Gasteiger charge is 2.36. The summed E-state index contributed by atoms with van der Waals surface area (Å²) in [6.07, 6.45) is 0. The van der Waals surface area contributed by atoms with Gasteiger partial charge in [0.15, 0.2) is 4.30 Å². The molecule has 0 bridgehead atoms.